The number of ether oxygens (including phenoxy) is 1. The van der Waals surface area contributed by atoms with Crippen molar-refractivity contribution in [2.45, 2.75) is 30.9 Å². The van der Waals surface area contributed by atoms with Gasteiger partial charge in [-0.2, -0.15) is 0 Å². The van der Waals surface area contributed by atoms with E-state index in [1.807, 2.05) is 0 Å². The summed E-state index contributed by atoms with van der Waals surface area (Å²) in [5.74, 6) is -2.19. The van der Waals surface area contributed by atoms with Crippen molar-refractivity contribution >= 4 is 23.5 Å². The number of benzene rings is 1. The highest BCUT2D eigenvalue weighted by Crippen LogP contribution is 2.30. The quantitative estimate of drug-likeness (QED) is 0.500. The van der Waals surface area contributed by atoms with Gasteiger partial charge in [0.25, 0.3) is 0 Å². The Morgan fingerprint density at radius 2 is 1.92 bits per heavy atom. The summed E-state index contributed by atoms with van der Waals surface area (Å²) in [6.45, 7) is 4.95. The lowest BCUT2D eigenvalue weighted by Gasteiger charge is -2.11. The molecule has 1 aromatic heterocycles. The van der Waals surface area contributed by atoms with Gasteiger partial charge in [0.2, 0.25) is 0 Å². The second kappa shape index (κ2) is 7.17. The van der Waals surface area contributed by atoms with Gasteiger partial charge in [0.15, 0.2) is 5.78 Å². The Balaban J connectivity index is 2.27. The Morgan fingerprint density at radius 1 is 1.25 bits per heavy atom. The fourth-order valence-corrected chi connectivity index (χ4v) is 3.35. The molecule has 1 atom stereocenters. The Kier molecular flexibility index (Phi) is 5.43. The minimum Gasteiger partial charge on any atom is -0.465 e. The number of hydrogen-bond donors (Lipinski definition) is 1. The number of methoxy groups -OCH3 is 1. The van der Waals surface area contributed by atoms with Crippen LogP contribution < -0.4 is 0 Å². The van der Waals surface area contributed by atoms with Crippen LogP contribution in [0.3, 0.4) is 0 Å². The molecule has 0 amide bonds. The van der Waals surface area contributed by atoms with Crippen LogP contribution in [0, 0.1) is 25.5 Å². The molecule has 0 bridgehead atoms. The molecule has 1 heterocycles. The first-order valence-electron chi connectivity index (χ1n) is 7.19. The molecule has 0 saturated heterocycles. The van der Waals surface area contributed by atoms with Crippen molar-refractivity contribution in [3.63, 3.8) is 0 Å². The highest BCUT2D eigenvalue weighted by Gasteiger charge is 2.26. The maximum absolute atomic E-state index is 13.7. The summed E-state index contributed by atoms with van der Waals surface area (Å²) in [5, 5.41) is -0.618. The van der Waals surface area contributed by atoms with Crippen LogP contribution >= 0.6 is 11.8 Å². The van der Waals surface area contributed by atoms with Gasteiger partial charge in [0.05, 0.1) is 23.6 Å². The Labute approximate surface area is 142 Å². The zero-order valence-electron chi connectivity index (χ0n) is 13.7. The predicted molar refractivity (Wildman–Crippen MR) is 87.6 cm³/mol. The highest BCUT2D eigenvalue weighted by molar-refractivity contribution is 8.00. The van der Waals surface area contributed by atoms with E-state index in [0.717, 1.165) is 23.9 Å². The number of aromatic nitrogens is 1. The Morgan fingerprint density at radius 3 is 2.50 bits per heavy atom. The summed E-state index contributed by atoms with van der Waals surface area (Å²) in [5.41, 5.74) is 1.64. The van der Waals surface area contributed by atoms with Crippen molar-refractivity contribution in [3.8, 4) is 0 Å². The number of esters is 1. The van der Waals surface area contributed by atoms with Crippen molar-refractivity contribution in [1.82, 2.24) is 4.98 Å². The maximum Gasteiger partial charge on any atom is 0.339 e. The van der Waals surface area contributed by atoms with Crippen molar-refractivity contribution in [3.05, 3.63) is 52.3 Å². The second-order valence-corrected chi connectivity index (χ2v) is 6.70. The fraction of sp³-hybridized carbons (Fsp3) is 0.294. The lowest BCUT2D eigenvalue weighted by Crippen LogP contribution is -2.15. The number of halogens is 2. The normalized spacial score (nSPS) is 12.1. The molecule has 24 heavy (non-hydrogen) atoms. The first kappa shape index (κ1) is 18.2. The lowest BCUT2D eigenvalue weighted by atomic mass is 10.1. The SMILES string of the molecule is COC(=O)c1c(C)[nH]c(C(=O)[C@@H](C)Sc2ccc(F)cc2F)c1C. The third-order valence-electron chi connectivity index (χ3n) is 3.64. The van der Waals surface area contributed by atoms with Crippen LogP contribution in [0.5, 0.6) is 0 Å². The monoisotopic (exact) mass is 353 g/mol. The van der Waals surface area contributed by atoms with E-state index in [4.69, 9.17) is 4.74 Å². The Hall–Kier alpha value is -2.15. The van der Waals surface area contributed by atoms with Gasteiger partial charge < -0.3 is 9.72 Å². The van der Waals surface area contributed by atoms with Crippen LogP contribution in [-0.2, 0) is 4.74 Å². The van der Waals surface area contributed by atoms with Crippen LogP contribution in [0.1, 0.15) is 39.0 Å². The number of hydrogen-bond acceptors (Lipinski definition) is 4. The number of rotatable bonds is 5. The van der Waals surface area contributed by atoms with Crippen LogP contribution in [0.15, 0.2) is 23.1 Å². The minimum absolute atomic E-state index is 0.186. The molecular weight excluding hydrogens is 336 g/mol. The molecule has 0 fully saturated rings. The first-order valence-corrected chi connectivity index (χ1v) is 8.07. The number of carbonyl (C=O) groups is 2. The summed E-state index contributed by atoms with van der Waals surface area (Å²) in [7, 11) is 1.27. The smallest absolute Gasteiger partial charge is 0.339 e. The van der Waals surface area contributed by atoms with E-state index < -0.39 is 22.9 Å². The number of aromatic amines is 1. The van der Waals surface area contributed by atoms with Crippen molar-refractivity contribution < 1.29 is 23.1 Å². The molecule has 0 aliphatic heterocycles. The molecule has 7 heteroatoms. The van der Waals surface area contributed by atoms with Gasteiger partial charge in [-0.25, -0.2) is 13.6 Å². The van der Waals surface area contributed by atoms with E-state index in [9.17, 15) is 18.4 Å². The molecule has 0 saturated carbocycles. The van der Waals surface area contributed by atoms with Crippen molar-refractivity contribution in [2.75, 3.05) is 7.11 Å². The van der Waals surface area contributed by atoms with Gasteiger partial charge in [-0.1, -0.05) is 0 Å². The molecule has 2 rings (SSSR count). The standard InChI is InChI=1S/C17H17F2NO3S/c1-8-14(17(22)23-4)9(2)20-15(8)16(21)10(3)24-13-6-5-11(18)7-12(13)19/h5-7,10,20H,1-4H3/t10-/m1/s1. The number of thioether (sulfide) groups is 1. The van der Waals surface area contributed by atoms with Crippen LogP contribution in [0.4, 0.5) is 8.78 Å². The zero-order valence-corrected chi connectivity index (χ0v) is 14.5. The second-order valence-electron chi connectivity index (χ2n) is 5.32. The van der Waals surface area contributed by atoms with Crippen LogP contribution in [-0.4, -0.2) is 29.1 Å². The summed E-state index contributed by atoms with van der Waals surface area (Å²) >= 11 is 0.992. The summed E-state index contributed by atoms with van der Waals surface area (Å²) in [4.78, 5) is 27.5. The number of ketones is 1. The molecule has 0 aliphatic rings. The maximum atomic E-state index is 13.7. The minimum atomic E-state index is -0.714. The van der Waals surface area contributed by atoms with Gasteiger partial charge >= 0.3 is 5.97 Å². The molecular formula is C17H17F2NO3S. The molecule has 0 aliphatic carbocycles. The largest absolute Gasteiger partial charge is 0.465 e. The first-order chi connectivity index (χ1) is 11.3. The van der Waals surface area contributed by atoms with Crippen LogP contribution in [0.25, 0.3) is 0 Å². The number of carbonyl (C=O) groups excluding carboxylic acids is 2. The zero-order chi connectivity index (χ0) is 18.0. The molecule has 0 radical (unpaired) electrons. The molecule has 128 valence electrons. The van der Waals surface area contributed by atoms with Gasteiger partial charge in [-0.15, -0.1) is 11.8 Å². The van der Waals surface area contributed by atoms with E-state index in [0.29, 0.717) is 16.8 Å². The van der Waals surface area contributed by atoms with Gasteiger partial charge in [0, 0.05) is 16.7 Å². The summed E-state index contributed by atoms with van der Waals surface area (Å²) in [6.07, 6.45) is 0. The molecule has 0 spiro atoms. The Bertz CT molecular complexity index is 801. The topological polar surface area (TPSA) is 59.2 Å². The van der Waals surface area contributed by atoms with E-state index in [2.05, 4.69) is 4.98 Å². The van der Waals surface area contributed by atoms with Gasteiger partial charge in [-0.3, -0.25) is 4.79 Å². The van der Waals surface area contributed by atoms with E-state index >= 15 is 0 Å². The molecule has 4 nitrogen and oxygen atoms in total. The fourth-order valence-electron chi connectivity index (χ4n) is 2.42. The number of aryl methyl sites for hydroxylation is 1. The van der Waals surface area contributed by atoms with Crippen molar-refractivity contribution in [1.29, 1.82) is 0 Å². The number of Topliss-reactive ketones (excluding diaryl/α,β-unsaturated/α-hetero) is 1. The summed E-state index contributed by atoms with van der Waals surface area (Å²) in [6, 6.07) is 3.22. The average Bonchev–Trinajstić information content (AvgIpc) is 2.83. The van der Waals surface area contributed by atoms with E-state index in [1.54, 1.807) is 20.8 Å². The summed E-state index contributed by atoms with van der Waals surface area (Å²) < 4.78 is 31.4. The van der Waals surface area contributed by atoms with E-state index in [1.165, 1.54) is 13.2 Å². The lowest BCUT2D eigenvalue weighted by molar-refractivity contribution is 0.0599. The molecule has 0 unspecified atom stereocenters. The van der Waals surface area contributed by atoms with E-state index in [-0.39, 0.29) is 16.4 Å². The number of nitrogens with one attached hydrogen (secondary N) is 1. The average molecular weight is 353 g/mol. The van der Waals surface area contributed by atoms with Crippen molar-refractivity contribution in [2.24, 2.45) is 0 Å². The third-order valence-corrected chi connectivity index (χ3v) is 4.79. The molecule has 1 N–H and O–H groups in total. The number of H-pyrrole nitrogens is 1. The van der Waals surface area contributed by atoms with Gasteiger partial charge in [0.1, 0.15) is 11.6 Å². The molecule has 1 aromatic carbocycles. The van der Waals surface area contributed by atoms with Gasteiger partial charge in [-0.05, 0) is 38.5 Å². The van der Waals surface area contributed by atoms with Crippen LogP contribution in [0.2, 0.25) is 0 Å². The third kappa shape index (κ3) is 3.51. The molecule has 2 aromatic rings. The predicted octanol–water partition coefficient (Wildman–Crippen LogP) is 4.06. The highest BCUT2D eigenvalue weighted by atomic mass is 32.2.